The van der Waals surface area contributed by atoms with E-state index in [-0.39, 0.29) is 18.9 Å². The van der Waals surface area contributed by atoms with Gasteiger partial charge in [0.05, 0.1) is 12.7 Å². The summed E-state index contributed by atoms with van der Waals surface area (Å²) in [5, 5.41) is 9.53. The lowest BCUT2D eigenvalue weighted by molar-refractivity contribution is -0.0306. The summed E-state index contributed by atoms with van der Waals surface area (Å²) in [6, 6.07) is 19.4. The first-order chi connectivity index (χ1) is 10.9. The van der Waals surface area contributed by atoms with Gasteiger partial charge in [-0.2, -0.15) is 0 Å². The molecule has 1 aliphatic heterocycles. The largest absolute Gasteiger partial charge is 0.394 e. The minimum absolute atomic E-state index is 0.0606. The standard InChI is InChI=1S/C19H21NO2/c21-13-16-12-20(19(22-16)15-7-2-1-3-8-15)18-11-10-14-6-4-5-9-17(14)18/h1-9,16,18-19,21H,10-13H2/t16-,18-,19-/m0/s1. The molecular weight excluding hydrogens is 274 g/mol. The number of aryl methyl sites for hydroxylation is 1. The Morgan fingerprint density at radius 2 is 1.82 bits per heavy atom. The van der Waals surface area contributed by atoms with Gasteiger partial charge >= 0.3 is 0 Å². The zero-order valence-corrected chi connectivity index (χ0v) is 12.6. The number of benzene rings is 2. The molecule has 0 amide bonds. The van der Waals surface area contributed by atoms with Crippen molar-refractivity contribution in [3.05, 3.63) is 71.3 Å². The Balaban J connectivity index is 1.67. The van der Waals surface area contributed by atoms with E-state index in [0.717, 1.165) is 19.4 Å². The first kappa shape index (κ1) is 13.9. The van der Waals surface area contributed by atoms with E-state index in [1.807, 2.05) is 18.2 Å². The SMILES string of the molecule is OC[C@@H]1CN([C@H]2CCc3ccccc32)[C@H](c2ccccc2)O1. The Kier molecular flexibility index (Phi) is 3.70. The van der Waals surface area contributed by atoms with Crippen LogP contribution in [0.4, 0.5) is 0 Å². The highest BCUT2D eigenvalue weighted by atomic mass is 16.5. The summed E-state index contributed by atoms with van der Waals surface area (Å²) >= 11 is 0. The molecule has 114 valence electrons. The molecule has 1 fully saturated rings. The van der Waals surface area contributed by atoms with Gasteiger partial charge in [0.1, 0.15) is 6.23 Å². The maximum absolute atomic E-state index is 9.53. The molecule has 1 N–H and O–H groups in total. The zero-order chi connectivity index (χ0) is 14.9. The molecule has 2 aromatic carbocycles. The molecule has 0 radical (unpaired) electrons. The maximum Gasteiger partial charge on any atom is 0.137 e. The van der Waals surface area contributed by atoms with Crippen molar-refractivity contribution in [2.75, 3.05) is 13.2 Å². The van der Waals surface area contributed by atoms with Crippen LogP contribution in [-0.2, 0) is 11.2 Å². The average Bonchev–Trinajstić information content (AvgIpc) is 3.19. The van der Waals surface area contributed by atoms with Gasteiger partial charge in [0.2, 0.25) is 0 Å². The lowest BCUT2D eigenvalue weighted by Crippen LogP contribution is -2.29. The van der Waals surface area contributed by atoms with Gasteiger partial charge in [-0.25, -0.2) is 0 Å². The Morgan fingerprint density at radius 3 is 2.64 bits per heavy atom. The molecule has 0 aromatic heterocycles. The predicted molar refractivity (Wildman–Crippen MR) is 85.4 cm³/mol. The number of nitrogens with zero attached hydrogens (tertiary/aromatic N) is 1. The summed E-state index contributed by atoms with van der Waals surface area (Å²) in [4.78, 5) is 2.42. The van der Waals surface area contributed by atoms with Gasteiger partial charge in [0.25, 0.3) is 0 Å². The van der Waals surface area contributed by atoms with Gasteiger partial charge < -0.3 is 9.84 Å². The zero-order valence-electron chi connectivity index (χ0n) is 12.6. The summed E-state index contributed by atoms with van der Waals surface area (Å²) in [7, 11) is 0. The maximum atomic E-state index is 9.53. The average molecular weight is 295 g/mol. The highest BCUT2D eigenvalue weighted by molar-refractivity contribution is 5.35. The van der Waals surface area contributed by atoms with Crippen molar-refractivity contribution in [3.63, 3.8) is 0 Å². The normalized spacial score (nSPS) is 28.0. The molecule has 0 spiro atoms. The molecule has 1 heterocycles. The first-order valence-corrected chi connectivity index (χ1v) is 8.01. The van der Waals surface area contributed by atoms with Crippen molar-refractivity contribution >= 4 is 0 Å². The van der Waals surface area contributed by atoms with Crippen molar-refractivity contribution in [1.29, 1.82) is 0 Å². The molecule has 2 aliphatic rings. The molecule has 1 saturated heterocycles. The lowest BCUT2D eigenvalue weighted by atomic mass is 10.1. The molecule has 3 heteroatoms. The lowest BCUT2D eigenvalue weighted by Gasteiger charge is -2.29. The molecule has 3 nitrogen and oxygen atoms in total. The van der Waals surface area contributed by atoms with Gasteiger partial charge in [-0.3, -0.25) is 4.90 Å². The molecule has 4 rings (SSSR count). The van der Waals surface area contributed by atoms with Gasteiger partial charge in [-0.1, -0.05) is 54.6 Å². The van der Waals surface area contributed by atoms with E-state index in [1.54, 1.807) is 0 Å². The number of hydrogen-bond acceptors (Lipinski definition) is 3. The van der Waals surface area contributed by atoms with E-state index in [4.69, 9.17) is 4.74 Å². The molecule has 2 aromatic rings. The topological polar surface area (TPSA) is 32.7 Å². The van der Waals surface area contributed by atoms with E-state index >= 15 is 0 Å². The molecule has 0 unspecified atom stereocenters. The summed E-state index contributed by atoms with van der Waals surface area (Å²) in [5.41, 5.74) is 4.04. The van der Waals surface area contributed by atoms with Crippen LogP contribution in [0.15, 0.2) is 54.6 Å². The second-order valence-corrected chi connectivity index (χ2v) is 6.15. The van der Waals surface area contributed by atoms with Gasteiger partial charge in [0, 0.05) is 12.6 Å². The fraction of sp³-hybridized carbons (Fsp3) is 0.368. The van der Waals surface area contributed by atoms with Crippen molar-refractivity contribution in [2.45, 2.75) is 31.2 Å². The summed E-state index contributed by atoms with van der Waals surface area (Å²) < 4.78 is 6.11. The van der Waals surface area contributed by atoms with Crippen molar-refractivity contribution < 1.29 is 9.84 Å². The fourth-order valence-electron chi connectivity index (χ4n) is 3.79. The van der Waals surface area contributed by atoms with Crippen LogP contribution in [-0.4, -0.2) is 29.3 Å². The van der Waals surface area contributed by atoms with Crippen LogP contribution < -0.4 is 0 Å². The van der Waals surface area contributed by atoms with Gasteiger partial charge in [0.15, 0.2) is 0 Å². The molecule has 1 aliphatic carbocycles. The fourth-order valence-corrected chi connectivity index (χ4v) is 3.79. The van der Waals surface area contributed by atoms with E-state index in [1.165, 1.54) is 16.7 Å². The van der Waals surface area contributed by atoms with Crippen LogP contribution in [0.3, 0.4) is 0 Å². The number of hydrogen-bond donors (Lipinski definition) is 1. The summed E-state index contributed by atoms with van der Waals surface area (Å²) in [5.74, 6) is 0. The summed E-state index contributed by atoms with van der Waals surface area (Å²) in [6.45, 7) is 0.864. The third-order valence-corrected chi connectivity index (χ3v) is 4.83. The van der Waals surface area contributed by atoms with Crippen LogP contribution in [0, 0.1) is 0 Å². The first-order valence-electron chi connectivity index (χ1n) is 8.01. The van der Waals surface area contributed by atoms with Crippen LogP contribution in [0.1, 0.15) is 35.4 Å². The number of fused-ring (bicyclic) bond motifs is 1. The number of rotatable bonds is 3. The smallest absolute Gasteiger partial charge is 0.137 e. The van der Waals surface area contributed by atoms with E-state index in [0.29, 0.717) is 6.04 Å². The monoisotopic (exact) mass is 295 g/mol. The van der Waals surface area contributed by atoms with Crippen molar-refractivity contribution in [1.82, 2.24) is 4.90 Å². The van der Waals surface area contributed by atoms with Crippen LogP contribution in [0.5, 0.6) is 0 Å². The highest BCUT2D eigenvalue weighted by Crippen LogP contribution is 2.43. The third kappa shape index (κ3) is 2.35. The van der Waals surface area contributed by atoms with Crippen LogP contribution in [0.2, 0.25) is 0 Å². The molecule has 0 saturated carbocycles. The van der Waals surface area contributed by atoms with E-state index < -0.39 is 0 Å². The number of aliphatic hydroxyl groups excluding tert-OH is 1. The summed E-state index contributed by atoms with van der Waals surface area (Å²) in [6.07, 6.45) is 2.10. The molecule has 0 bridgehead atoms. The van der Waals surface area contributed by atoms with Gasteiger partial charge in [-0.05, 0) is 29.5 Å². The van der Waals surface area contributed by atoms with E-state index in [2.05, 4.69) is 41.3 Å². The quantitative estimate of drug-likeness (QED) is 0.944. The molecule has 22 heavy (non-hydrogen) atoms. The predicted octanol–water partition coefficient (Wildman–Crippen LogP) is 3.07. The Labute approximate surface area is 131 Å². The third-order valence-electron chi connectivity index (χ3n) is 4.83. The van der Waals surface area contributed by atoms with Crippen LogP contribution in [0.25, 0.3) is 0 Å². The number of aliphatic hydroxyl groups is 1. The minimum Gasteiger partial charge on any atom is -0.394 e. The Morgan fingerprint density at radius 1 is 1.05 bits per heavy atom. The van der Waals surface area contributed by atoms with E-state index in [9.17, 15) is 5.11 Å². The molecular formula is C19H21NO2. The second-order valence-electron chi connectivity index (χ2n) is 6.15. The van der Waals surface area contributed by atoms with Crippen LogP contribution >= 0.6 is 0 Å². The molecule has 3 atom stereocenters. The Hall–Kier alpha value is -1.68. The minimum atomic E-state index is -0.0991. The highest BCUT2D eigenvalue weighted by Gasteiger charge is 2.40. The van der Waals surface area contributed by atoms with Crippen molar-refractivity contribution in [3.8, 4) is 0 Å². The number of ether oxygens (including phenoxy) is 1. The van der Waals surface area contributed by atoms with Gasteiger partial charge in [-0.15, -0.1) is 0 Å². The second kappa shape index (κ2) is 5.84. The Bertz CT molecular complexity index is 643. The van der Waals surface area contributed by atoms with Crippen molar-refractivity contribution in [2.24, 2.45) is 0 Å².